The van der Waals surface area contributed by atoms with Crippen molar-refractivity contribution in [2.24, 2.45) is 0 Å². The van der Waals surface area contributed by atoms with Crippen LogP contribution in [0.5, 0.6) is 0 Å². The van der Waals surface area contributed by atoms with Crippen molar-refractivity contribution >= 4 is 62.6 Å². The van der Waals surface area contributed by atoms with Crippen LogP contribution in [0, 0.1) is 0 Å². The molecule has 0 radical (unpaired) electrons. The van der Waals surface area contributed by atoms with Gasteiger partial charge in [-0.2, -0.15) is 10.2 Å². The Morgan fingerprint density at radius 2 is 1.25 bits per heavy atom. The Morgan fingerprint density at radius 1 is 0.702 bits per heavy atom. The van der Waals surface area contributed by atoms with Crippen molar-refractivity contribution in [1.82, 2.24) is 50.5 Å². The fraction of sp³-hybridized carbons (Fsp3) is 0.326. The standard InChI is InChI=1S/C24H28N6O2.C19H20N6/c1-15(2)17-11-22(29-26-13-17)28-21-7-6-19-20(27-21)10-18(12-25-19)16-8-9-30(14-16)23(31)32-24(3,4)5;1-12(2)14-8-19(25-22-11-14)24-18-4-3-16-17(23-18)7-15(10-21-16)13-5-6-20-9-13/h6-8,10-13,15H,9,14H2,1-5H3,(H,27,28,29);3-5,7-8,10-12,20H,6,9H2,1-2H3,(H,23,24,25). The highest BCUT2D eigenvalue weighted by molar-refractivity contribution is 5.84. The molecule has 292 valence electrons. The van der Waals surface area contributed by atoms with Crippen LogP contribution >= 0.6 is 0 Å². The number of amides is 1. The molecule has 2 aliphatic rings. The van der Waals surface area contributed by atoms with Gasteiger partial charge in [-0.1, -0.05) is 39.8 Å². The van der Waals surface area contributed by atoms with Crippen LogP contribution in [0.25, 0.3) is 33.2 Å². The number of aromatic nitrogens is 8. The van der Waals surface area contributed by atoms with Crippen molar-refractivity contribution in [2.75, 3.05) is 36.8 Å². The topological polar surface area (TPSA) is 169 Å². The van der Waals surface area contributed by atoms with Crippen LogP contribution < -0.4 is 16.0 Å². The van der Waals surface area contributed by atoms with Crippen LogP contribution in [0.4, 0.5) is 28.1 Å². The van der Waals surface area contributed by atoms with E-state index >= 15 is 0 Å². The minimum absolute atomic E-state index is 0.313. The number of carbonyl (C=O) groups excluding carboxylic acids is 1. The summed E-state index contributed by atoms with van der Waals surface area (Å²) < 4.78 is 5.48. The molecule has 0 saturated heterocycles. The van der Waals surface area contributed by atoms with Crippen LogP contribution in [-0.2, 0) is 4.74 Å². The molecule has 0 aliphatic carbocycles. The molecule has 0 saturated carbocycles. The first-order valence-electron chi connectivity index (χ1n) is 19.2. The molecule has 8 heterocycles. The fourth-order valence-electron chi connectivity index (χ4n) is 6.21. The molecule has 1 amide bonds. The Morgan fingerprint density at radius 3 is 1.74 bits per heavy atom. The smallest absolute Gasteiger partial charge is 0.410 e. The minimum atomic E-state index is -0.517. The first kappa shape index (κ1) is 38.8. The van der Waals surface area contributed by atoms with Crippen LogP contribution in [0.3, 0.4) is 0 Å². The van der Waals surface area contributed by atoms with Crippen LogP contribution in [-0.4, -0.2) is 83.1 Å². The molecular formula is C43H48N12O2. The average molecular weight is 765 g/mol. The normalized spacial score (nSPS) is 14.1. The van der Waals surface area contributed by atoms with Crippen molar-refractivity contribution in [2.45, 2.75) is 65.9 Å². The molecule has 3 N–H and O–H groups in total. The van der Waals surface area contributed by atoms with Gasteiger partial charge in [0, 0.05) is 38.6 Å². The Hall–Kier alpha value is -6.41. The lowest BCUT2D eigenvalue weighted by atomic mass is 10.1. The van der Waals surface area contributed by atoms with Crippen molar-refractivity contribution in [3.8, 4) is 0 Å². The summed E-state index contributed by atoms with van der Waals surface area (Å²) in [5.41, 5.74) is 9.38. The third kappa shape index (κ3) is 9.89. The van der Waals surface area contributed by atoms with E-state index in [1.807, 2.05) is 81.7 Å². The number of nitrogens with zero attached hydrogens (tertiary/aromatic N) is 9. The summed E-state index contributed by atoms with van der Waals surface area (Å²) >= 11 is 0. The van der Waals surface area contributed by atoms with Gasteiger partial charge >= 0.3 is 6.09 Å². The quantitative estimate of drug-likeness (QED) is 0.136. The van der Waals surface area contributed by atoms with Gasteiger partial charge in [-0.25, -0.2) is 14.8 Å². The SMILES string of the molecule is CC(C)c1cnnc(Nc2ccc3ncc(C4=CCN(C(=O)OC(C)(C)C)C4)cc3n2)c1.CC(C)c1cnnc(Nc2ccc3ncc(C4=CCNC4)cc3n2)c1. The lowest BCUT2D eigenvalue weighted by Gasteiger charge is -2.24. The monoisotopic (exact) mass is 764 g/mol. The fourth-order valence-corrected chi connectivity index (χ4v) is 6.21. The van der Waals surface area contributed by atoms with Crippen molar-refractivity contribution in [3.63, 3.8) is 0 Å². The summed E-state index contributed by atoms with van der Waals surface area (Å²) in [7, 11) is 0. The van der Waals surface area contributed by atoms with Gasteiger partial charge in [-0.15, -0.1) is 10.2 Å². The summed E-state index contributed by atoms with van der Waals surface area (Å²) in [6, 6.07) is 15.7. The number of hydrogen-bond acceptors (Lipinski definition) is 13. The van der Waals surface area contributed by atoms with Gasteiger partial charge in [0.1, 0.15) is 17.2 Å². The predicted octanol–water partition coefficient (Wildman–Crippen LogP) is 8.19. The maximum atomic E-state index is 12.4. The molecule has 14 nitrogen and oxygen atoms in total. The van der Waals surface area contributed by atoms with Crippen molar-refractivity contribution in [1.29, 1.82) is 0 Å². The lowest BCUT2D eigenvalue weighted by molar-refractivity contribution is 0.0306. The average Bonchev–Trinajstić information content (AvgIpc) is 3.92. The second kappa shape index (κ2) is 16.8. The highest BCUT2D eigenvalue weighted by Crippen LogP contribution is 2.27. The molecule has 0 spiro atoms. The second-order valence-electron chi connectivity index (χ2n) is 15.7. The maximum Gasteiger partial charge on any atom is 0.410 e. The van der Waals surface area contributed by atoms with Crippen LogP contribution in [0.15, 0.2) is 85.5 Å². The van der Waals surface area contributed by atoms with E-state index in [-0.39, 0.29) is 6.09 Å². The number of rotatable bonds is 8. The molecule has 8 rings (SSSR count). The number of ether oxygens (including phenoxy) is 1. The number of anilines is 4. The van der Waals surface area contributed by atoms with E-state index in [9.17, 15) is 4.79 Å². The van der Waals surface area contributed by atoms with E-state index in [2.05, 4.69) is 91.1 Å². The number of hydrogen-bond donors (Lipinski definition) is 3. The molecule has 6 aromatic rings. The third-order valence-corrected chi connectivity index (χ3v) is 9.39. The van der Waals surface area contributed by atoms with E-state index in [0.29, 0.717) is 42.4 Å². The zero-order valence-electron chi connectivity index (χ0n) is 33.4. The summed E-state index contributed by atoms with van der Waals surface area (Å²) in [5.74, 6) is 3.52. The van der Waals surface area contributed by atoms with Gasteiger partial charge in [-0.3, -0.25) is 9.97 Å². The first-order chi connectivity index (χ1) is 27.4. The minimum Gasteiger partial charge on any atom is -0.444 e. The Kier molecular flexibility index (Phi) is 11.4. The van der Waals surface area contributed by atoms with Gasteiger partial charge in [0.05, 0.1) is 34.5 Å². The predicted molar refractivity (Wildman–Crippen MR) is 225 cm³/mol. The molecular weight excluding hydrogens is 717 g/mol. The largest absolute Gasteiger partial charge is 0.444 e. The van der Waals surface area contributed by atoms with Gasteiger partial charge in [0.25, 0.3) is 0 Å². The summed E-state index contributed by atoms with van der Waals surface area (Å²) in [4.78, 5) is 32.5. The molecule has 6 aromatic heterocycles. The van der Waals surface area contributed by atoms with E-state index in [1.54, 1.807) is 17.3 Å². The molecule has 0 fully saturated rings. The summed E-state index contributed by atoms with van der Waals surface area (Å²) in [6.45, 7) is 16.9. The first-order valence-corrected chi connectivity index (χ1v) is 19.2. The van der Waals surface area contributed by atoms with Crippen molar-refractivity contribution < 1.29 is 9.53 Å². The molecule has 0 bridgehead atoms. The Bertz CT molecular complexity index is 2470. The van der Waals surface area contributed by atoms with Crippen LogP contribution in [0.1, 0.15) is 82.6 Å². The number of fused-ring (bicyclic) bond motifs is 2. The lowest BCUT2D eigenvalue weighted by Crippen LogP contribution is -2.35. The van der Waals surface area contributed by atoms with Gasteiger partial charge in [0.15, 0.2) is 11.6 Å². The van der Waals surface area contributed by atoms with Crippen LogP contribution in [0.2, 0.25) is 0 Å². The second-order valence-corrected chi connectivity index (χ2v) is 15.7. The van der Waals surface area contributed by atoms with Crippen molar-refractivity contribution in [3.05, 3.63) is 108 Å². The van der Waals surface area contributed by atoms with Gasteiger partial charge in [-0.05, 0) is 115 Å². The molecule has 57 heavy (non-hydrogen) atoms. The molecule has 14 heteroatoms. The van der Waals surface area contributed by atoms with E-state index in [1.165, 1.54) is 5.57 Å². The highest BCUT2D eigenvalue weighted by atomic mass is 16.6. The number of nitrogens with one attached hydrogen (secondary N) is 3. The Labute approximate surface area is 332 Å². The maximum absolute atomic E-state index is 12.4. The van der Waals surface area contributed by atoms with E-state index in [0.717, 1.165) is 68.8 Å². The molecule has 2 aliphatic heterocycles. The molecule has 0 aromatic carbocycles. The zero-order valence-corrected chi connectivity index (χ0v) is 33.4. The summed E-state index contributed by atoms with van der Waals surface area (Å²) in [6.07, 6.45) is 11.2. The number of pyridine rings is 4. The third-order valence-electron chi connectivity index (χ3n) is 9.39. The van der Waals surface area contributed by atoms with Gasteiger partial charge < -0.3 is 25.6 Å². The van der Waals surface area contributed by atoms with Gasteiger partial charge in [0.2, 0.25) is 0 Å². The highest BCUT2D eigenvalue weighted by Gasteiger charge is 2.26. The number of carbonyl (C=O) groups is 1. The summed E-state index contributed by atoms with van der Waals surface area (Å²) in [5, 5.41) is 26.2. The Balaban J connectivity index is 0.000000179. The molecule has 0 atom stereocenters. The van der Waals surface area contributed by atoms with E-state index < -0.39 is 5.60 Å². The molecule has 0 unspecified atom stereocenters. The van der Waals surface area contributed by atoms with E-state index in [4.69, 9.17) is 9.72 Å². The zero-order chi connectivity index (χ0) is 40.1.